The third kappa shape index (κ3) is 3.87. The fraction of sp³-hybridized carbons (Fsp3) is 0.846. The molecule has 0 bridgehead atoms. The standard InChI is InChI=1S/C13H20F3N3O2/c1-12(2)7-18(8-13(14,15)16)5-6-19(12)11(21)9-3-4-10(20)17-9/h9H,3-8H2,1-2H3,(H,17,20)/t9-/m1/s1. The number of rotatable bonds is 2. The summed E-state index contributed by atoms with van der Waals surface area (Å²) in [6.07, 6.45) is -3.46. The van der Waals surface area contributed by atoms with E-state index in [1.165, 1.54) is 4.90 Å². The number of piperazine rings is 1. The second-order valence-electron chi connectivity index (χ2n) is 6.29. The number of amides is 2. The van der Waals surface area contributed by atoms with Gasteiger partial charge in [-0.2, -0.15) is 13.2 Å². The van der Waals surface area contributed by atoms with Crippen molar-refractivity contribution in [2.45, 2.75) is 44.4 Å². The summed E-state index contributed by atoms with van der Waals surface area (Å²) in [5.41, 5.74) is -0.687. The van der Waals surface area contributed by atoms with E-state index in [4.69, 9.17) is 0 Å². The average Bonchev–Trinajstić information content (AvgIpc) is 2.71. The summed E-state index contributed by atoms with van der Waals surface area (Å²) in [6.45, 7) is 3.15. The zero-order valence-electron chi connectivity index (χ0n) is 12.2. The molecule has 0 aromatic carbocycles. The number of hydrogen-bond donors (Lipinski definition) is 1. The zero-order valence-corrected chi connectivity index (χ0v) is 12.2. The Bertz CT molecular complexity index is 437. The summed E-state index contributed by atoms with van der Waals surface area (Å²) in [6, 6.07) is -0.536. The molecule has 0 radical (unpaired) electrons. The molecule has 0 aromatic rings. The molecule has 2 aliphatic rings. The first-order valence-corrected chi connectivity index (χ1v) is 6.98. The van der Waals surface area contributed by atoms with Gasteiger partial charge in [0.15, 0.2) is 0 Å². The number of alkyl halides is 3. The molecule has 0 unspecified atom stereocenters. The van der Waals surface area contributed by atoms with Crippen molar-refractivity contribution in [2.24, 2.45) is 0 Å². The molecule has 8 heteroatoms. The number of carbonyl (C=O) groups excluding carboxylic acids is 2. The Kier molecular flexibility index (Phi) is 4.19. The highest BCUT2D eigenvalue weighted by atomic mass is 19.4. The SMILES string of the molecule is CC1(C)CN(CC(F)(F)F)CCN1C(=O)[C@H]1CCC(=O)N1. The van der Waals surface area contributed by atoms with E-state index in [0.717, 1.165) is 0 Å². The van der Waals surface area contributed by atoms with Crippen LogP contribution in [-0.4, -0.2) is 65.6 Å². The smallest absolute Gasteiger partial charge is 0.344 e. The first-order chi connectivity index (χ1) is 9.58. The topological polar surface area (TPSA) is 52.7 Å². The van der Waals surface area contributed by atoms with E-state index in [-0.39, 0.29) is 31.4 Å². The van der Waals surface area contributed by atoms with Crippen LogP contribution in [-0.2, 0) is 9.59 Å². The van der Waals surface area contributed by atoms with Crippen LogP contribution in [0.5, 0.6) is 0 Å². The first kappa shape index (κ1) is 16.1. The molecular weight excluding hydrogens is 287 g/mol. The number of halogens is 3. The third-order valence-corrected chi connectivity index (χ3v) is 3.94. The number of carbonyl (C=O) groups is 2. The van der Waals surface area contributed by atoms with Gasteiger partial charge in [-0.3, -0.25) is 14.5 Å². The fourth-order valence-electron chi connectivity index (χ4n) is 3.04. The Hall–Kier alpha value is -1.31. The molecule has 2 aliphatic heterocycles. The number of nitrogens with zero attached hydrogens (tertiary/aromatic N) is 2. The second kappa shape index (κ2) is 5.47. The van der Waals surface area contributed by atoms with Gasteiger partial charge in [-0.1, -0.05) is 0 Å². The van der Waals surface area contributed by atoms with Crippen LogP contribution in [0.4, 0.5) is 13.2 Å². The van der Waals surface area contributed by atoms with Crippen molar-refractivity contribution in [3.8, 4) is 0 Å². The van der Waals surface area contributed by atoms with Gasteiger partial charge in [-0.15, -0.1) is 0 Å². The van der Waals surface area contributed by atoms with Gasteiger partial charge in [0, 0.05) is 26.1 Å². The normalized spacial score (nSPS) is 26.8. The van der Waals surface area contributed by atoms with Gasteiger partial charge in [-0.25, -0.2) is 0 Å². The predicted molar refractivity (Wildman–Crippen MR) is 69.5 cm³/mol. The molecule has 1 atom stereocenters. The van der Waals surface area contributed by atoms with E-state index < -0.39 is 24.3 Å². The predicted octanol–water partition coefficient (Wildman–Crippen LogP) is 0.750. The molecule has 2 heterocycles. The summed E-state index contributed by atoms with van der Waals surface area (Å²) in [5.74, 6) is -0.348. The first-order valence-electron chi connectivity index (χ1n) is 6.98. The molecule has 2 fully saturated rings. The lowest BCUT2D eigenvalue weighted by Gasteiger charge is -2.48. The lowest BCUT2D eigenvalue weighted by atomic mass is 9.97. The van der Waals surface area contributed by atoms with Crippen molar-refractivity contribution in [3.05, 3.63) is 0 Å². The van der Waals surface area contributed by atoms with Crippen molar-refractivity contribution in [3.63, 3.8) is 0 Å². The molecule has 0 spiro atoms. The Labute approximate surface area is 121 Å². The van der Waals surface area contributed by atoms with Crippen molar-refractivity contribution < 1.29 is 22.8 Å². The van der Waals surface area contributed by atoms with Crippen LogP contribution >= 0.6 is 0 Å². The molecule has 0 saturated carbocycles. The summed E-state index contributed by atoms with van der Waals surface area (Å²) in [5, 5.41) is 2.61. The van der Waals surface area contributed by atoms with E-state index in [2.05, 4.69) is 5.32 Å². The highest BCUT2D eigenvalue weighted by Gasteiger charge is 2.43. The Balaban J connectivity index is 2.00. The van der Waals surface area contributed by atoms with E-state index in [1.807, 2.05) is 0 Å². The summed E-state index contributed by atoms with van der Waals surface area (Å²) in [4.78, 5) is 26.5. The van der Waals surface area contributed by atoms with Gasteiger partial charge < -0.3 is 10.2 Å². The van der Waals surface area contributed by atoms with Crippen LogP contribution in [0.1, 0.15) is 26.7 Å². The van der Waals surface area contributed by atoms with E-state index in [9.17, 15) is 22.8 Å². The Morgan fingerprint density at radius 2 is 2.05 bits per heavy atom. The molecule has 120 valence electrons. The molecule has 2 rings (SSSR count). The zero-order chi connectivity index (χ0) is 15.8. The molecule has 2 amide bonds. The van der Waals surface area contributed by atoms with Crippen LogP contribution in [0, 0.1) is 0 Å². The summed E-state index contributed by atoms with van der Waals surface area (Å²) >= 11 is 0. The van der Waals surface area contributed by atoms with E-state index in [0.29, 0.717) is 12.8 Å². The quantitative estimate of drug-likeness (QED) is 0.819. The average molecular weight is 307 g/mol. The third-order valence-electron chi connectivity index (χ3n) is 3.94. The van der Waals surface area contributed by atoms with Crippen LogP contribution in [0.15, 0.2) is 0 Å². The highest BCUT2D eigenvalue weighted by Crippen LogP contribution is 2.26. The lowest BCUT2D eigenvalue weighted by molar-refractivity contribution is -0.161. The van der Waals surface area contributed by atoms with Crippen LogP contribution in [0.2, 0.25) is 0 Å². The van der Waals surface area contributed by atoms with Gasteiger partial charge in [0.1, 0.15) is 6.04 Å². The molecule has 5 nitrogen and oxygen atoms in total. The summed E-state index contributed by atoms with van der Waals surface area (Å²) in [7, 11) is 0. The highest BCUT2D eigenvalue weighted by molar-refractivity contribution is 5.91. The van der Waals surface area contributed by atoms with Gasteiger partial charge >= 0.3 is 6.18 Å². The molecule has 1 N–H and O–H groups in total. The fourth-order valence-corrected chi connectivity index (χ4v) is 3.04. The molecule has 0 aliphatic carbocycles. The van der Waals surface area contributed by atoms with Gasteiger partial charge in [0.05, 0.1) is 12.1 Å². The number of nitrogens with one attached hydrogen (secondary N) is 1. The number of hydrogen-bond acceptors (Lipinski definition) is 3. The minimum Gasteiger partial charge on any atom is -0.344 e. The molecule has 21 heavy (non-hydrogen) atoms. The maximum Gasteiger partial charge on any atom is 0.401 e. The van der Waals surface area contributed by atoms with Gasteiger partial charge in [-0.05, 0) is 20.3 Å². The van der Waals surface area contributed by atoms with Gasteiger partial charge in [0.25, 0.3) is 0 Å². The Morgan fingerprint density at radius 1 is 1.38 bits per heavy atom. The molecule has 0 aromatic heterocycles. The maximum absolute atomic E-state index is 12.5. The lowest BCUT2D eigenvalue weighted by Crippen LogP contribution is -2.64. The molecular formula is C13H20F3N3O2. The van der Waals surface area contributed by atoms with Crippen molar-refractivity contribution in [1.29, 1.82) is 0 Å². The maximum atomic E-state index is 12.5. The largest absolute Gasteiger partial charge is 0.401 e. The Morgan fingerprint density at radius 3 is 2.52 bits per heavy atom. The van der Waals surface area contributed by atoms with Crippen molar-refractivity contribution >= 4 is 11.8 Å². The minimum absolute atomic E-state index is 0.151. The molecule has 2 saturated heterocycles. The van der Waals surface area contributed by atoms with Crippen LogP contribution < -0.4 is 5.32 Å². The minimum atomic E-state index is -4.23. The van der Waals surface area contributed by atoms with E-state index in [1.54, 1.807) is 18.7 Å². The monoisotopic (exact) mass is 307 g/mol. The second-order valence-corrected chi connectivity index (χ2v) is 6.29. The van der Waals surface area contributed by atoms with Crippen molar-refractivity contribution in [1.82, 2.24) is 15.1 Å². The van der Waals surface area contributed by atoms with E-state index >= 15 is 0 Å². The summed E-state index contributed by atoms with van der Waals surface area (Å²) < 4.78 is 37.4. The van der Waals surface area contributed by atoms with Gasteiger partial charge in [0.2, 0.25) is 11.8 Å². The van der Waals surface area contributed by atoms with Crippen LogP contribution in [0.3, 0.4) is 0 Å². The van der Waals surface area contributed by atoms with Crippen LogP contribution in [0.25, 0.3) is 0 Å². The van der Waals surface area contributed by atoms with Crippen molar-refractivity contribution in [2.75, 3.05) is 26.2 Å².